The van der Waals surface area contributed by atoms with Crippen LogP contribution in [-0.2, 0) is 14.3 Å². The zero-order valence-corrected chi connectivity index (χ0v) is 57.9. The second kappa shape index (κ2) is 29.5. The number of amides is 8. The number of piperidine rings is 4. The minimum Gasteiger partial charge on any atom is -0.496 e. The average molecular weight is 1350 g/mol. The summed E-state index contributed by atoms with van der Waals surface area (Å²) in [5.41, 5.74) is 5.52. The van der Waals surface area contributed by atoms with Crippen molar-refractivity contribution < 1.29 is 38.2 Å². The van der Waals surface area contributed by atoms with E-state index in [-0.39, 0.29) is 35.9 Å². The van der Waals surface area contributed by atoms with Crippen LogP contribution in [0.5, 0.6) is 5.75 Å². The maximum Gasteiger partial charge on any atom is 0.410 e. The highest BCUT2D eigenvalue weighted by molar-refractivity contribution is 6.11. The lowest BCUT2D eigenvalue weighted by atomic mass is 9.85. The van der Waals surface area contributed by atoms with Gasteiger partial charge in [0.15, 0.2) is 11.5 Å². The number of hydrogen-bond acceptors (Lipinski definition) is 14. The number of imidazole rings is 1. The van der Waals surface area contributed by atoms with Gasteiger partial charge in [0.05, 0.1) is 52.8 Å². The quantitative estimate of drug-likeness (QED) is 0.0816. The summed E-state index contributed by atoms with van der Waals surface area (Å²) in [6, 6.07) is 24.4. The number of nitrogens with zero attached hydrogens (tertiary/aromatic N) is 13. The number of aromatic nitrogens is 7. The summed E-state index contributed by atoms with van der Waals surface area (Å²) < 4.78 is 19.7. The van der Waals surface area contributed by atoms with E-state index in [2.05, 4.69) is 97.4 Å². The first-order chi connectivity index (χ1) is 48.0. The Balaban J connectivity index is 0.000000189. The molecule has 6 saturated heterocycles. The number of ether oxygens (including phenoxy) is 2. The van der Waals surface area contributed by atoms with E-state index in [1.54, 1.807) is 33.8 Å². The van der Waals surface area contributed by atoms with Gasteiger partial charge in [-0.05, 0) is 209 Å². The van der Waals surface area contributed by atoms with Gasteiger partial charge in [-0.2, -0.15) is 14.7 Å². The highest BCUT2D eigenvalue weighted by Gasteiger charge is 2.34. The van der Waals surface area contributed by atoms with Gasteiger partial charge in [-0.15, -0.1) is 0 Å². The smallest absolute Gasteiger partial charge is 0.410 e. The van der Waals surface area contributed by atoms with E-state index in [1.165, 1.54) is 64.7 Å². The molecular weight excluding hydrogens is 1250 g/mol. The van der Waals surface area contributed by atoms with Gasteiger partial charge in [0.2, 0.25) is 11.8 Å². The van der Waals surface area contributed by atoms with Gasteiger partial charge in [-0.25, -0.2) is 19.4 Å². The Morgan fingerprint density at radius 2 is 1.16 bits per heavy atom. The minimum atomic E-state index is -0.444. The summed E-state index contributed by atoms with van der Waals surface area (Å²) >= 11 is 0. The molecule has 8 aromatic rings. The van der Waals surface area contributed by atoms with Gasteiger partial charge in [-0.3, -0.25) is 39.5 Å². The Bertz CT molecular complexity index is 4220. The van der Waals surface area contributed by atoms with Crippen LogP contribution in [0.4, 0.5) is 31.6 Å². The lowest BCUT2D eigenvalue weighted by Crippen LogP contribution is -2.49. The number of benzene rings is 3. The summed E-state index contributed by atoms with van der Waals surface area (Å²) in [6.07, 6.45) is 26.4. The van der Waals surface area contributed by atoms with Crippen LogP contribution in [0.15, 0.2) is 104 Å². The Kier molecular flexibility index (Phi) is 20.1. The topological polar surface area (TPSA) is 234 Å². The fourth-order valence-electron chi connectivity index (χ4n) is 16.5. The van der Waals surface area contributed by atoms with Gasteiger partial charge >= 0.3 is 18.2 Å². The summed E-state index contributed by atoms with van der Waals surface area (Å²) in [5.74, 6) is 2.47. The molecule has 15 rings (SSSR count). The Hall–Kier alpha value is -8.87. The van der Waals surface area contributed by atoms with Crippen molar-refractivity contribution in [2.45, 2.75) is 147 Å². The number of anilines is 3. The largest absolute Gasteiger partial charge is 0.496 e. The molecule has 524 valence electrons. The molecular formula is C75H96N16O8. The first kappa shape index (κ1) is 67.3. The van der Waals surface area contributed by atoms with Crippen molar-refractivity contribution in [3.63, 3.8) is 0 Å². The van der Waals surface area contributed by atoms with Crippen LogP contribution in [0.25, 0.3) is 38.4 Å². The first-order valence-electron chi connectivity index (χ1n) is 36.3. The maximum atomic E-state index is 13.4. The molecule has 11 heterocycles. The second-order valence-corrected chi connectivity index (χ2v) is 29.5. The SMILES string of the molecule is CC(C)(C)OC(=O)N1CCC(CCN2CCC(n3ccc4c(N5CCC(=O)NC5=O)cccc43)CC2)CC1.COc1cc2nn(C3CCC(CN4CCC(CCN5CCC(n6ccc7c(N8CCC(=O)NC8=O)cccc76)CC5)CC4)CC3)cc2cc1C(=O)Nc1cnc2cccnn12. The number of carbonyl (C=O) groups is 6. The molecule has 99 heavy (non-hydrogen) atoms. The number of methoxy groups -OCH3 is 1. The Morgan fingerprint density at radius 1 is 0.606 bits per heavy atom. The van der Waals surface area contributed by atoms with Crippen LogP contribution >= 0.6 is 0 Å². The van der Waals surface area contributed by atoms with E-state index in [9.17, 15) is 28.8 Å². The first-order valence-corrected chi connectivity index (χ1v) is 36.3. The van der Waals surface area contributed by atoms with Crippen molar-refractivity contribution in [1.82, 2.24) is 63.7 Å². The molecule has 0 bridgehead atoms. The standard InChI is InChI=1S/C46H55N11O4.C29H41N5O4/c1-61-41-27-38-33(26-37(41)45(59)49-43-28-47-42-6-3-18-48-57(42)43)30-56(51-38)35-9-7-32(8-10-35)29-53-20-12-31(13-21-53)11-19-52-22-14-34(15-23-52)54-24-16-36-39(54)4-2-5-40(36)55-25-17-44(58)50-46(55)60;1-29(2,3)38-28(37)32-17-8-21(9-18-32)7-14-31-15-10-22(11-16-31)33-19-12-23-24(33)5-4-6-25(23)34-20-13-26(35)30-27(34)36/h2-6,16,18,24,26-28,30-32,34-35H,7-15,17,19-23,25,29H2,1H3,(H,49,59)(H,50,58,60);4-6,12,19,21-22H,7-11,13-18,20H2,1-3H3,(H,30,35,36). The van der Waals surface area contributed by atoms with Crippen molar-refractivity contribution in [3.05, 3.63) is 109 Å². The molecule has 24 nitrogen and oxygen atoms in total. The Morgan fingerprint density at radius 3 is 1.71 bits per heavy atom. The van der Waals surface area contributed by atoms with E-state index in [0.717, 1.165) is 153 Å². The lowest BCUT2D eigenvalue weighted by Gasteiger charge is -2.38. The van der Waals surface area contributed by atoms with Crippen molar-refractivity contribution in [3.8, 4) is 5.75 Å². The number of carbonyl (C=O) groups excluding carboxylic acids is 6. The molecule has 0 spiro atoms. The molecule has 8 amide bonds. The van der Waals surface area contributed by atoms with Crippen LogP contribution < -0.4 is 30.5 Å². The zero-order chi connectivity index (χ0) is 68.3. The van der Waals surface area contributed by atoms with E-state index < -0.39 is 5.60 Å². The van der Waals surface area contributed by atoms with Gasteiger partial charge in [0, 0.05) is 131 Å². The van der Waals surface area contributed by atoms with Crippen molar-refractivity contribution in [2.24, 2.45) is 17.8 Å². The van der Waals surface area contributed by atoms with Crippen LogP contribution in [0.1, 0.15) is 152 Å². The molecule has 0 radical (unpaired) electrons. The second-order valence-electron chi connectivity index (χ2n) is 29.5. The molecule has 24 heteroatoms. The molecule has 0 unspecified atom stereocenters. The van der Waals surface area contributed by atoms with Gasteiger partial charge in [-0.1, -0.05) is 12.1 Å². The molecule has 7 aliphatic rings. The molecule has 3 aromatic carbocycles. The van der Waals surface area contributed by atoms with E-state index in [4.69, 9.17) is 14.6 Å². The van der Waals surface area contributed by atoms with Crippen LogP contribution in [0, 0.1) is 17.8 Å². The van der Waals surface area contributed by atoms with Crippen molar-refractivity contribution >= 4 is 91.4 Å². The minimum absolute atomic E-state index is 0.183. The predicted molar refractivity (Wildman–Crippen MR) is 381 cm³/mol. The summed E-state index contributed by atoms with van der Waals surface area (Å²) in [7, 11) is 1.58. The number of urea groups is 2. The molecule has 3 N–H and O–H groups in total. The third kappa shape index (κ3) is 15.3. The van der Waals surface area contributed by atoms with E-state index >= 15 is 0 Å². The third-order valence-electron chi connectivity index (χ3n) is 22.1. The number of nitrogens with one attached hydrogen (secondary N) is 3. The molecule has 1 saturated carbocycles. The molecule has 6 aliphatic heterocycles. The van der Waals surface area contributed by atoms with E-state index in [1.807, 2.05) is 74.2 Å². The van der Waals surface area contributed by atoms with Gasteiger partial charge < -0.3 is 43.5 Å². The molecule has 7 fully saturated rings. The zero-order valence-electron chi connectivity index (χ0n) is 57.9. The Labute approximate surface area is 578 Å². The van der Waals surface area contributed by atoms with Crippen LogP contribution in [0.2, 0.25) is 0 Å². The normalized spacial score (nSPS) is 21.2. The fourth-order valence-corrected chi connectivity index (χ4v) is 16.5. The predicted octanol–water partition coefficient (Wildman–Crippen LogP) is 11.7. The highest BCUT2D eigenvalue weighted by Crippen LogP contribution is 2.39. The molecule has 5 aromatic heterocycles. The number of imide groups is 2. The van der Waals surface area contributed by atoms with Crippen LogP contribution in [0.3, 0.4) is 0 Å². The number of fused-ring (bicyclic) bond motifs is 4. The summed E-state index contributed by atoms with van der Waals surface area (Å²) in [5, 5.41) is 20.1. The monoisotopic (exact) mass is 1350 g/mol. The summed E-state index contributed by atoms with van der Waals surface area (Å²) in [4.78, 5) is 91.6. The van der Waals surface area contributed by atoms with E-state index in [0.29, 0.717) is 72.8 Å². The maximum absolute atomic E-state index is 13.4. The fraction of sp³-hybridized carbons (Fsp3) is 0.533. The van der Waals surface area contributed by atoms with Crippen molar-refractivity contribution in [2.75, 3.05) is 107 Å². The summed E-state index contributed by atoms with van der Waals surface area (Å²) in [6.45, 7) is 18.5. The third-order valence-corrected chi connectivity index (χ3v) is 22.1. The number of likely N-dealkylation sites (tertiary alicyclic amines) is 4. The van der Waals surface area contributed by atoms with Gasteiger partial charge in [0.1, 0.15) is 11.4 Å². The van der Waals surface area contributed by atoms with Gasteiger partial charge in [0.25, 0.3) is 5.91 Å². The average Bonchev–Trinajstić information content (AvgIpc) is 1.69. The highest BCUT2D eigenvalue weighted by atomic mass is 16.6. The number of rotatable bonds is 16. The van der Waals surface area contributed by atoms with Crippen LogP contribution in [-0.4, -0.2) is 187 Å². The molecule has 0 atom stereocenters. The molecule has 1 aliphatic carbocycles. The number of hydrogen-bond donors (Lipinski definition) is 3. The van der Waals surface area contributed by atoms with Crippen molar-refractivity contribution in [1.29, 1.82) is 0 Å². The lowest BCUT2D eigenvalue weighted by molar-refractivity contribution is -0.121.